The van der Waals surface area contributed by atoms with Crippen LogP contribution in [-0.4, -0.2) is 10.8 Å². The Balaban J connectivity index is 2.26. The molecule has 2 aromatic carbocycles. The maximum absolute atomic E-state index is 12.1. The second kappa shape index (κ2) is 6.20. The van der Waals surface area contributed by atoms with Crippen LogP contribution in [0.5, 0.6) is 0 Å². The minimum atomic E-state index is -0.556. The van der Waals surface area contributed by atoms with E-state index < -0.39 is 10.8 Å². The SMILES string of the molecule is C#Cc1cccc(NC(=O)c2ccc(Br)c([N+](=O)[O-])c2)c1. The Bertz CT molecular complexity index is 766. The first kappa shape index (κ1) is 14.8. The van der Waals surface area contributed by atoms with Crippen molar-refractivity contribution in [1.82, 2.24) is 0 Å². The van der Waals surface area contributed by atoms with Gasteiger partial charge in [0.15, 0.2) is 0 Å². The molecule has 1 N–H and O–H groups in total. The number of terminal acetylenes is 1. The van der Waals surface area contributed by atoms with Crippen LogP contribution in [0.15, 0.2) is 46.9 Å². The average molecular weight is 345 g/mol. The second-order valence-corrected chi connectivity index (χ2v) is 4.96. The monoisotopic (exact) mass is 344 g/mol. The van der Waals surface area contributed by atoms with E-state index in [9.17, 15) is 14.9 Å². The molecule has 1 amide bonds. The summed E-state index contributed by atoms with van der Waals surface area (Å²) in [7, 11) is 0. The Hall–Kier alpha value is -2.65. The molecule has 2 rings (SSSR count). The third kappa shape index (κ3) is 3.46. The van der Waals surface area contributed by atoms with E-state index in [2.05, 4.69) is 27.2 Å². The molecule has 0 aliphatic rings. The van der Waals surface area contributed by atoms with Gasteiger partial charge in [-0.15, -0.1) is 6.42 Å². The van der Waals surface area contributed by atoms with E-state index in [1.165, 1.54) is 18.2 Å². The fourth-order valence-corrected chi connectivity index (χ4v) is 2.08. The topological polar surface area (TPSA) is 72.2 Å². The first-order valence-corrected chi connectivity index (χ1v) is 6.62. The van der Waals surface area contributed by atoms with E-state index in [0.717, 1.165) is 0 Å². The van der Waals surface area contributed by atoms with Crippen LogP contribution in [0, 0.1) is 22.5 Å². The van der Waals surface area contributed by atoms with Crippen molar-refractivity contribution >= 4 is 33.2 Å². The van der Waals surface area contributed by atoms with Crippen LogP contribution in [-0.2, 0) is 0 Å². The molecule has 0 unspecified atom stereocenters. The van der Waals surface area contributed by atoms with Crippen molar-refractivity contribution in [3.05, 3.63) is 68.2 Å². The van der Waals surface area contributed by atoms with E-state index in [-0.39, 0.29) is 11.3 Å². The molecule has 0 atom stereocenters. The highest BCUT2D eigenvalue weighted by Gasteiger charge is 2.16. The van der Waals surface area contributed by atoms with Gasteiger partial charge in [0.2, 0.25) is 0 Å². The van der Waals surface area contributed by atoms with Crippen molar-refractivity contribution < 1.29 is 9.72 Å². The van der Waals surface area contributed by atoms with Crippen LogP contribution in [0.3, 0.4) is 0 Å². The molecule has 0 radical (unpaired) electrons. The van der Waals surface area contributed by atoms with E-state index in [1.807, 2.05) is 0 Å². The second-order valence-electron chi connectivity index (χ2n) is 4.10. The predicted octanol–water partition coefficient (Wildman–Crippen LogP) is 3.59. The van der Waals surface area contributed by atoms with Gasteiger partial charge in [0.1, 0.15) is 0 Å². The summed E-state index contributed by atoms with van der Waals surface area (Å²) in [5, 5.41) is 13.5. The molecule has 0 spiro atoms. The normalized spacial score (nSPS) is 9.71. The lowest BCUT2D eigenvalue weighted by Crippen LogP contribution is -2.12. The summed E-state index contributed by atoms with van der Waals surface area (Å²) in [4.78, 5) is 22.4. The predicted molar refractivity (Wildman–Crippen MR) is 83.1 cm³/mol. The molecule has 0 heterocycles. The van der Waals surface area contributed by atoms with Gasteiger partial charge < -0.3 is 5.32 Å². The number of halogens is 1. The number of nitro benzene ring substituents is 1. The van der Waals surface area contributed by atoms with Gasteiger partial charge in [-0.2, -0.15) is 0 Å². The number of anilines is 1. The van der Waals surface area contributed by atoms with Crippen LogP contribution in [0.2, 0.25) is 0 Å². The van der Waals surface area contributed by atoms with E-state index in [1.54, 1.807) is 24.3 Å². The Labute approximate surface area is 129 Å². The van der Waals surface area contributed by atoms with Crippen molar-refractivity contribution in [2.45, 2.75) is 0 Å². The highest BCUT2D eigenvalue weighted by molar-refractivity contribution is 9.10. The molecule has 104 valence electrons. The lowest BCUT2D eigenvalue weighted by Gasteiger charge is -2.06. The van der Waals surface area contributed by atoms with Crippen molar-refractivity contribution in [2.24, 2.45) is 0 Å². The lowest BCUT2D eigenvalue weighted by molar-refractivity contribution is -0.385. The quantitative estimate of drug-likeness (QED) is 0.525. The van der Waals surface area contributed by atoms with Gasteiger partial charge in [-0.05, 0) is 46.3 Å². The summed E-state index contributed by atoms with van der Waals surface area (Å²) < 4.78 is 0.318. The van der Waals surface area contributed by atoms with Gasteiger partial charge >= 0.3 is 0 Å². The molecule has 2 aromatic rings. The van der Waals surface area contributed by atoms with Crippen molar-refractivity contribution in [3.63, 3.8) is 0 Å². The number of amides is 1. The summed E-state index contributed by atoms with van der Waals surface area (Å²) >= 11 is 3.07. The van der Waals surface area contributed by atoms with Gasteiger partial charge in [-0.3, -0.25) is 14.9 Å². The number of hydrogen-bond donors (Lipinski definition) is 1. The Morgan fingerprint density at radius 2 is 2.05 bits per heavy atom. The summed E-state index contributed by atoms with van der Waals surface area (Å²) in [6.07, 6.45) is 5.29. The summed E-state index contributed by atoms with van der Waals surface area (Å²) in [5.74, 6) is 2.02. The highest BCUT2D eigenvalue weighted by Crippen LogP contribution is 2.26. The maximum Gasteiger partial charge on any atom is 0.284 e. The number of nitrogens with one attached hydrogen (secondary N) is 1. The van der Waals surface area contributed by atoms with Crippen LogP contribution >= 0.6 is 15.9 Å². The van der Waals surface area contributed by atoms with Crippen molar-refractivity contribution in [2.75, 3.05) is 5.32 Å². The smallest absolute Gasteiger partial charge is 0.284 e. The minimum Gasteiger partial charge on any atom is -0.322 e. The van der Waals surface area contributed by atoms with Crippen LogP contribution in [0.1, 0.15) is 15.9 Å². The van der Waals surface area contributed by atoms with Gasteiger partial charge in [0, 0.05) is 22.9 Å². The van der Waals surface area contributed by atoms with Gasteiger partial charge in [-0.25, -0.2) is 0 Å². The average Bonchev–Trinajstić information content (AvgIpc) is 2.47. The molecule has 0 bridgehead atoms. The fraction of sp³-hybridized carbons (Fsp3) is 0. The van der Waals surface area contributed by atoms with Crippen molar-refractivity contribution in [3.8, 4) is 12.3 Å². The zero-order chi connectivity index (χ0) is 15.4. The molecule has 5 nitrogen and oxygen atoms in total. The Morgan fingerprint density at radius 3 is 2.71 bits per heavy atom. The maximum atomic E-state index is 12.1. The van der Waals surface area contributed by atoms with E-state index >= 15 is 0 Å². The van der Waals surface area contributed by atoms with Gasteiger partial charge in [0.25, 0.3) is 11.6 Å². The number of nitrogens with zero attached hydrogens (tertiary/aromatic N) is 1. The molecule has 6 heteroatoms. The minimum absolute atomic E-state index is 0.167. The zero-order valence-corrected chi connectivity index (χ0v) is 12.3. The van der Waals surface area contributed by atoms with Crippen LogP contribution < -0.4 is 5.32 Å². The molecule has 0 saturated carbocycles. The number of carbonyl (C=O) groups excluding carboxylic acids is 1. The molecule has 0 fully saturated rings. The first-order chi connectivity index (χ1) is 10.0. The number of nitro groups is 1. The number of benzene rings is 2. The zero-order valence-electron chi connectivity index (χ0n) is 10.7. The third-order valence-electron chi connectivity index (χ3n) is 2.69. The molecule has 21 heavy (non-hydrogen) atoms. The number of rotatable bonds is 3. The molecule has 0 aliphatic heterocycles. The molecule has 0 aliphatic carbocycles. The molecule has 0 aromatic heterocycles. The fourth-order valence-electron chi connectivity index (χ4n) is 1.68. The van der Waals surface area contributed by atoms with E-state index in [0.29, 0.717) is 15.7 Å². The van der Waals surface area contributed by atoms with Gasteiger partial charge in [0.05, 0.1) is 9.40 Å². The highest BCUT2D eigenvalue weighted by atomic mass is 79.9. The number of carbonyl (C=O) groups is 1. The standard InChI is InChI=1S/C15H9BrN2O3/c1-2-10-4-3-5-12(8-10)17-15(19)11-6-7-13(16)14(9-11)18(20)21/h1,3-9H,(H,17,19). The summed E-state index contributed by atoms with van der Waals surface area (Å²) in [5.41, 5.74) is 1.19. The molecular formula is C15H9BrN2O3. The van der Waals surface area contributed by atoms with Crippen LogP contribution in [0.4, 0.5) is 11.4 Å². The van der Waals surface area contributed by atoms with E-state index in [4.69, 9.17) is 6.42 Å². The van der Waals surface area contributed by atoms with Crippen LogP contribution in [0.25, 0.3) is 0 Å². The van der Waals surface area contributed by atoms with Crippen molar-refractivity contribution in [1.29, 1.82) is 0 Å². The molecule has 0 saturated heterocycles. The Morgan fingerprint density at radius 1 is 1.29 bits per heavy atom. The summed E-state index contributed by atoms with van der Waals surface area (Å²) in [6.45, 7) is 0. The largest absolute Gasteiger partial charge is 0.322 e. The van der Waals surface area contributed by atoms with Gasteiger partial charge in [-0.1, -0.05) is 12.0 Å². The summed E-state index contributed by atoms with van der Waals surface area (Å²) in [6, 6.07) is 11.0. The lowest BCUT2D eigenvalue weighted by atomic mass is 10.1. The number of hydrogen-bond acceptors (Lipinski definition) is 3. The molecular weight excluding hydrogens is 336 g/mol. The first-order valence-electron chi connectivity index (χ1n) is 5.83. The Kier molecular flexibility index (Phi) is 4.36. The third-order valence-corrected chi connectivity index (χ3v) is 3.36.